The summed E-state index contributed by atoms with van der Waals surface area (Å²) in [6, 6.07) is 3.22. The maximum absolute atomic E-state index is 13.7. The van der Waals surface area contributed by atoms with Crippen molar-refractivity contribution >= 4 is 46.0 Å². The van der Waals surface area contributed by atoms with E-state index in [1.807, 2.05) is 11.5 Å². The molecule has 0 aliphatic heterocycles. The predicted molar refractivity (Wildman–Crippen MR) is 86.7 cm³/mol. The molecule has 0 spiro atoms. The number of alkyl halides is 1. The van der Waals surface area contributed by atoms with Gasteiger partial charge in [-0.15, -0.1) is 11.6 Å². The van der Waals surface area contributed by atoms with Crippen molar-refractivity contribution in [3.05, 3.63) is 28.8 Å². The Hall–Kier alpha value is -0.450. The molecule has 0 fully saturated rings. The zero-order valence-electron chi connectivity index (χ0n) is 11.7. The first-order valence-electron chi connectivity index (χ1n) is 6.45. The lowest BCUT2D eigenvalue weighted by molar-refractivity contribution is 0.524. The number of imidazole rings is 1. The summed E-state index contributed by atoms with van der Waals surface area (Å²) in [5.74, 6) is 1.37. The summed E-state index contributed by atoms with van der Waals surface area (Å²) < 4.78 is 15.8. The van der Waals surface area contributed by atoms with E-state index in [1.54, 1.807) is 17.8 Å². The van der Waals surface area contributed by atoms with Crippen molar-refractivity contribution in [2.24, 2.45) is 0 Å². The third-order valence-electron chi connectivity index (χ3n) is 3.30. The highest BCUT2D eigenvalue weighted by Crippen LogP contribution is 2.32. The van der Waals surface area contributed by atoms with E-state index in [-0.39, 0.29) is 16.4 Å². The molecule has 0 N–H and O–H groups in total. The molecule has 2 atom stereocenters. The Morgan fingerprint density at radius 2 is 2.10 bits per heavy atom. The van der Waals surface area contributed by atoms with Crippen LogP contribution in [-0.4, -0.2) is 21.6 Å². The summed E-state index contributed by atoms with van der Waals surface area (Å²) in [6.45, 7) is 3.98. The number of fused-ring (bicyclic) bond motifs is 1. The Morgan fingerprint density at radius 3 is 2.70 bits per heavy atom. The van der Waals surface area contributed by atoms with Crippen molar-refractivity contribution in [3.63, 3.8) is 0 Å². The Kier molecular flexibility index (Phi) is 5.21. The normalized spacial score (nSPS) is 14.7. The zero-order chi connectivity index (χ0) is 14.9. The first kappa shape index (κ1) is 15.9. The summed E-state index contributed by atoms with van der Waals surface area (Å²) >= 11 is 13.8. The van der Waals surface area contributed by atoms with Crippen LogP contribution in [0.15, 0.2) is 12.1 Å². The van der Waals surface area contributed by atoms with Crippen molar-refractivity contribution in [2.75, 3.05) is 12.0 Å². The molecule has 2 rings (SSSR count). The second-order valence-electron chi connectivity index (χ2n) is 4.84. The molecule has 20 heavy (non-hydrogen) atoms. The van der Waals surface area contributed by atoms with Crippen LogP contribution >= 0.6 is 35.0 Å². The van der Waals surface area contributed by atoms with Crippen LogP contribution in [0.3, 0.4) is 0 Å². The largest absolute Gasteiger partial charge is 0.324 e. The maximum Gasteiger partial charge on any atom is 0.144 e. The van der Waals surface area contributed by atoms with Gasteiger partial charge in [0.1, 0.15) is 11.6 Å². The number of nitrogens with zero attached hydrogens (tertiary/aromatic N) is 2. The van der Waals surface area contributed by atoms with Crippen molar-refractivity contribution in [1.82, 2.24) is 9.55 Å². The average molecular weight is 335 g/mol. The van der Waals surface area contributed by atoms with Gasteiger partial charge in [0.25, 0.3) is 0 Å². The number of benzene rings is 1. The fraction of sp³-hybridized carbons (Fsp3) is 0.500. The molecule has 0 amide bonds. The molecular formula is C14H17Cl2FN2S. The SMILES string of the molecule is CSCCC(C)n1c(C(C)Cl)nc2cc(Cl)c(F)cc21. The predicted octanol–water partition coefficient (Wildman–Crippen LogP) is 5.44. The van der Waals surface area contributed by atoms with Crippen LogP contribution in [0.25, 0.3) is 11.0 Å². The average Bonchev–Trinajstić information content (AvgIpc) is 2.75. The van der Waals surface area contributed by atoms with Crippen LogP contribution in [0.2, 0.25) is 5.02 Å². The lowest BCUT2D eigenvalue weighted by Crippen LogP contribution is -2.11. The number of thioether (sulfide) groups is 1. The van der Waals surface area contributed by atoms with E-state index in [0.717, 1.165) is 23.5 Å². The van der Waals surface area contributed by atoms with Crippen molar-refractivity contribution < 1.29 is 4.39 Å². The molecule has 1 aromatic carbocycles. The van der Waals surface area contributed by atoms with E-state index in [2.05, 4.69) is 18.2 Å². The fourth-order valence-electron chi connectivity index (χ4n) is 2.27. The Labute approximate surface area is 132 Å². The highest BCUT2D eigenvalue weighted by molar-refractivity contribution is 7.98. The van der Waals surface area contributed by atoms with Gasteiger partial charge < -0.3 is 4.57 Å². The molecule has 0 aliphatic rings. The van der Waals surface area contributed by atoms with E-state index >= 15 is 0 Å². The summed E-state index contributed by atoms with van der Waals surface area (Å²) in [5, 5.41) is -0.145. The van der Waals surface area contributed by atoms with Gasteiger partial charge in [-0.3, -0.25) is 0 Å². The van der Waals surface area contributed by atoms with Crippen LogP contribution in [0.1, 0.15) is 37.5 Å². The van der Waals surface area contributed by atoms with Crippen LogP contribution in [-0.2, 0) is 0 Å². The smallest absolute Gasteiger partial charge is 0.144 e. The molecule has 0 aliphatic carbocycles. The second kappa shape index (κ2) is 6.54. The van der Waals surface area contributed by atoms with Crippen molar-refractivity contribution in [1.29, 1.82) is 0 Å². The third kappa shape index (κ3) is 3.07. The number of aromatic nitrogens is 2. The van der Waals surface area contributed by atoms with Crippen LogP contribution in [0, 0.1) is 5.82 Å². The molecule has 1 aromatic heterocycles. The Bertz CT molecular complexity index is 613. The van der Waals surface area contributed by atoms with E-state index in [1.165, 1.54) is 6.07 Å². The first-order chi connectivity index (χ1) is 9.45. The molecule has 0 saturated carbocycles. The monoisotopic (exact) mass is 334 g/mol. The molecule has 2 unspecified atom stereocenters. The van der Waals surface area contributed by atoms with Gasteiger partial charge in [0.05, 0.1) is 21.4 Å². The topological polar surface area (TPSA) is 17.8 Å². The van der Waals surface area contributed by atoms with Crippen molar-refractivity contribution in [2.45, 2.75) is 31.7 Å². The summed E-state index contributed by atoms with van der Waals surface area (Å²) in [7, 11) is 0. The summed E-state index contributed by atoms with van der Waals surface area (Å²) in [4.78, 5) is 4.52. The number of rotatable bonds is 5. The number of hydrogen-bond acceptors (Lipinski definition) is 2. The minimum atomic E-state index is -0.425. The number of hydrogen-bond donors (Lipinski definition) is 0. The van der Waals surface area contributed by atoms with Gasteiger partial charge in [-0.1, -0.05) is 11.6 Å². The maximum atomic E-state index is 13.7. The van der Waals surface area contributed by atoms with Crippen LogP contribution in [0.4, 0.5) is 4.39 Å². The van der Waals surface area contributed by atoms with Gasteiger partial charge in [-0.2, -0.15) is 11.8 Å². The van der Waals surface area contributed by atoms with Crippen LogP contribution < -0.4 is 0 Å². The van der Waals surface area contributed by atoms with Gasteiger partial charge in [0.15, 0.2) is 0 Å². The zero-order valence-corrected chi connectivity index (χ0v) is 14.0. The molecule has 110 valence electrons. The lowest BCUT2D eigenvalue weighted by atomic mass is 10.2. The minimum Gasteiger partial charge on any atom is -0.324 e. The molecule has 0 radical (unpaired) electrons. The second-order valence-corrected chi connectivity index (χ2v) is 6.89. The lowest BCUT2D eigenvalue weighted by Gasteiger charge is -2.18. The summed E-state index contributed by atoms with van der Waals surface area (Å²) in [6.07, 6.45) is 3.05. The van der Waals surface area contributed by atoms with E-state index < -0.39 is 5.82 Å². The molecular weight excluding hydrogens is 318 g/mol. The van der Waals surface area contributed by atoms with Gasteiger partial charge in [-0.25, -0.2) is 9.37 Å². The quantitative estimate of drug-likeness (QED) is 0.677. The molecule has 0 bridgehead atoms. The minimum absolute atomic E-state index is 0.0905. The highest BCUT2D eigenvalue weighted by atomic mass is 35.5. The van der Waals surface area contributed by atoms with Gasteiger partial charge >= 0.3 is 0 Å². The molecule has 2 aromatic rings. The Morgan fingerprint density at radius 1 is 1.40 bits per heavy atom. The van der Waals surface area contributed by atoms with E-state index in [4.69, 9.17) is 23.2 Å². The van der Waals surface area contributed by atoms with Crippen LogP contribution in [0.5, 0.6) is 0 Å². The molecule has 2 nitrogen and oxygen atoms in total. The third-order valence-corrected chi connectivity index (χ3v) is 4.42. The molecule has 0 saturated heterocycles. The van der Waals surface area contributed by atoms with Gasteiger partial charge in [-0.05, 0) is 38.3 Å². The molecule has 6 heteroatoms. The van der Waals surface area contributed by atoms with Crippen molar-refractivity contribution in [3.8, 4) is 0 Å². The standard InChI is InChI=1S/C14H17Cl2FN2S/c1-8(4-5-20-3)19-13-7-11(17)10(16)6-12(13)18-14(19)9(2)15/h6-9H,4-5H2,1-3H3. The number of halogens is 3. The fourth-order valence-corrected chi connectivity index (χ4v) is 3.16. The van der Waals surface area contributed by atoms with Gasteiger partial charge in [0, 0.05) is 12.1 Å². The summed E-state index contributed by atoms with van der Waals surface area (Å²) in [5.41, 5.74) is 1.44. The van der Waals surface area contributed by atoms with E-state index in [0.29, 0.717) is 5.52 Å². The highest BCUT2D eigenvalue weighted by Gasteiger charge is 2.20. The Balaban J connectivity index is 2.58. The molecule has 1 heterocycles. The van der Waals surface area contributed by atoms with Gasteiger partial charge in [0.2, 0.25) is 0 Å². The first-order valence-corrected chi connectivity index (χ1v) is 8.66. The van der Waals surface area contributed by atoms with E-state index in [9.17, 15) is 4.39 Å².